The number of nitrogens with zero attached hydrogens (tertiary/aromatic N) is 1. The first-order valence-corrected chi connectivity index (χ1v) is 6.72. The van der Waals surface area contributed by atoms with Gasteiger partial charge in [0, 0.05) is 6.08 Å². The molecule has 2 nitrogen and oxygen atoms in total. The molecule has 0 N–H and O–H groups in total. The molecule has 0 bridgehead atoms. The SMILES string of the molecule is CC(=CC#N)CCC=C(C)CCC1(C)OC1(C)C. The molecule has 1 aliphatic heterocycles. The first-order valence-electron chi connectivity index (χ1n) is 6.72. The molecule has 1 saturated heterocycles. The maximum Gasteiger partial charge on any atom is 0.0949 e. The monoisotopic (exact) mass is 247 g/mol. The van der Waals surface area contributed by atoms with Crippen LogP contribution in [0.4, 0.5) is 0 Å². The minimum absolute atomic E-state index is 0.0550. The highest BCUT2D eigenvalue weighted by molar-refractivity contribution is 5.13. The molecule has 100 valence electrons. The van der Waals surface area contributed by atoms with Gasteiger partial charge in [-0.05, 0) is 60.3 Å². The van der Waals surface area contributed by atoms with E-state index in [-0.39, 0.29) is 11.2 Å². The third-order valence-corrected chi connectivity index (χ3v) is 4.05. The van der Waals surface area contributed by atoms with Gasteiger partial charge in [-0.25, -0.2) is 0 Å². The summed E-state index contributed by atoms with van der Waals surface area (Å²) in [5.41, 5.74) is 2.70. The summed E-state index contributed by atoms with van der Waals surface area (Å²) in [4.78, 5) is 0. The molecule has 0 spiro atoms. The molecule has 18 heavy (non-hydrogen) atoms. The summed E-state index contributed by atoms with van der Waals surface area (Å²) in [6.07, 6.45) is 8.11. The van der Waals surface area contributed by atoms with E-state index in [2.05, 4.69) is 39.8 Å². The number of nitriles is 1. The molecule has 1 atom stereocenters. The summed E-state index contributed by atoms with van der Waals surface area (Å²) in [6, 6.07) is 2.07. The van der Waals surface area contributed by atoms with Gasteiger partial charge >= 0.3 is 0 Å². The Morgan fingerprint density at radius 3 is 2.28 bits per heavy atom. The Morgan fingerprint density at radius 1 is 1.17 bits per heavy atom. The second-order valence-electron chi connectivity index (χ2n) is 6.05. The Hall–Kier alpha value is -1.07. The van der Waals surface area contributed by atoms with Gasteiger partial charge in [0.05, 0.1) is 17.3 Å². The highest BCUT2D eigenvalue weighted by atomic mass is 16.6. The molecule has 1 fully saturated rings. The van der Waals surface area contributed by atoms with E-state index in [4.69, 9.17) is 10.00 Å². The maximum absolute atomic E-state index is 8.52. The standard InChI is InChI=1S/C16H25NO/c1-13(7-6-8-14(2)10-12-17)9-11-16(5)15(3,4)18-16/h7,10H,6,8-9,11H2,1-5H3. The Balaban J connectivity index is 2.28. The second kappa shape index (κ2) is 5.71. The summed E-state index contributed by atoms with van der Waals surface area (Å²) in [5.74, 6) is 0. The Kier molecular flexibility index (Phi) is 4.76. The summed E-state index contributed by atoms with van der Waals surface area (Å²) < 4.78 is 5.74. The minimum atomic E-state index is 0.0550. The van der Waals surface area contributed by atoms with Gasteiger partial charge in [0.25, 0.3) is 0 Å². The molecular weight excluding hydrogens is 222 g/mol. The van der Waals surface area contributed by atoms with Gasteiger partial charge in [-0.2, -0.15) is 5.26 Å². The van der Waals surface area contributed by atoms with Crippen LogP contribution in [0, 0.1) is 11.3 Å². The third kappa shape index (κ3) is 3.99. The van der Waals surface area contributed by atoms with Crippen LogP contribution in [0.1, 0.15) is 60.3 Å². The largest absolute Gasteiger partial charge is 0.363 e. The number of hydrogen-bond donors (Lipinski definition) is 0. The molecule has 0 aromatic heterocycles. The molecule has 0 radical (unpaired) electrons. The van der Waals surface area contributed by atoms with Crippen LogP contribution in [0.25, 0.3) is 0 Å². The van der Waals surface area contributed by atoms with E-state index < -0.39 is 0 Å². The Labute approximate surface area is 111 Å². The normalized spacial score (nSPS) is 26.9. The number of epoxide rings is 1. The average Bonchev–Trinajstić information content (AvgIpc) is 2.76. The molecule has 0 aromatic carbocycles. The summed E-state index contributed by atoms with van der Waals surface area (Å²) in [6.45, 7) is 10.7. The molecule has 0 aliphatic carbocycles. The van der Waals surface area contributed by atoms with Gasteiger partial charge in [-0.3, -0.25) is 0 Å². The van der Waals surface area contributed by atoms with Crippen LogP contribution in [0.5, 0.6) is 0 Å². The third-order valence-electron chi connectivity index (χ3n) is 4.05. The lowest BCUT2D eigenvalue weighted by molar-refractivity contribution is 0.277. The maximum atomic E-state index is 8.52. The van der Waals surface area contributed by atoms with E-state index in [1.54, 1.807) is 6.08 Å². The van der Waals surface area contributed by atoms with Crippen molar-refractivity contribution in [3.8, 4) is 6.07 Å². The quantitative estimate of drug-likeness (QED) is 0.393. The fraction of sp³-hybridized carbons (Fsp3) is 0.688. The predicted octanol–water partition coefficient (Wildman–Crippen LogP) is 4.53. The van der Waals surface area contributed by atoms with E-state index in [1.807, 2.05) is 6.92 Å². The summed E-state index contributed by atoms with van der Waals surface area (Å²) in [7, 11) is 0. The first kappa shape index (κ1) is 15.0. The van der Waals surface area contributed by atoms with E-state index in [0.717, 1.165) is 31.3 Å². The smallest absolute Gasteiger partial charge is 0.0949 e. The van der Waals surface area contributed by atoms with Crippen LogP contribution in [0.3, 0.4) is 0 Å². The van der Waals surface area contributed by atoms with Gasteiger partial charge in [0.2, 0.25) is 0 Å². The van der Waals surface area contributed by atoms with Crippen molar-refractivity contribution in [2.45, 2.75) is 71.5 Å². The van der Waals surface area contributed by atoms with Crippen molar-refractivity contribution in [3.63, 3.8) is 0 Å². The zero-order valence-corrected chi connectivity index (χ0v) is 12.3. The van der Waals surface area contributed by atoms with Crippen LogP contribution >= 0.6 is 0 Å². The Morgan fingerprint density at radius 2 is 1.78 bits per heavy atom. The lowest BCUT2D eigenvalue weighted by Gasteiger charge is -2.09. The highest BCUT2D eigenvalue weighted by Gasteiger charge is 2.59. The number of rotatable bonds is 6. The fourth-order valence-electron chi connectivity index (χ4n) is 2.16. The lowest BCUT2D eigenvalue weighted by Crippen LogP contribution is -2.16. The van der Waals surface area contributed by atoms with Crippen molar-refractivity contribution in [3.05, 3.63) is 23.3 Å². The molecule has 0 saturated carbocycles. The van der Waals surface area contributed by atoms with Gasteiger partial charge in [-0.15, -0.1) is 0 Å². The number of ether oxygens (including phenoxy) is 1. The fourth-order valence-corrected chi connectivity index (χ4v) is 2.16. The van der Waals surface area contributed by atoms with Crippen LogP contribution in [-0.4, -0.2) is 11.2 Å². The molecule has 1 heterocycles. The van der Waals surface area contributed by atoms with Gasteiger partial charge in [0.15, 0.2) is 0 Å². The second-order valence-corrected chi connectivity index (χ2v) is 6.05. The zero-order valence-electron chi connectivity index (χ0n) is 12.3. The van der Waals surface area contributed by atoms with E-state index >= 15 is 0 Å². The minimum Gasteiger partial charge on any atom is -0.363 e. The average molecular weight is 247 g/mol. The van der Waals surface area contributed by atoms with Crippen molar-refractivity contribution >= 4 is 0 Å². The number of hydrogen-bond acceptors (Lipinski definition) is 2. The van der Waals surface area contributed by atoms with Crippen molar-refractivity contribution < 1.29 is 4.74 Å². The highest BCUT2D eigenvalue weighted by Crippen LogP contribution is 2.50. The van der Waals surface area contributed by atoms with Crippen molar-refractivity contribution in [2.24, 2.45) is 0 Å². The molecule has 2 heteroatoms. The molecular formula is C16H25NO. The van der Waals surface area contributed by atoms with Crippen molar-refractivity contribution in [2.75, 3.05) is 0 Å². The van der Waals surface area contributed by atoms with Crippen molar-refractivity contribution in [1.82, 2.24) is 0 Å². The van der Waals surface area contributed by atoms with Gasteiger partial charge in [0.1, 0.15) is 0 Å². The predicted molar refractivity (Wildman–Crippen MR) is 75.2 cm³/mol. The lowest BCUT2D eigenvalue weighted by atomic mass is 9.91. The molecule has 1 unspecified atom stereocenters. The van der Waals surface area contributed by atoms with Crippen LogP contribution < -0.4 is 0 Å². The van der Waals surface area contributed by atoms with Crippen LogP contribution in [-0.2, 0) is 4.74 Å². The molecule has 1 aliphatic rings. The van der Waals surface area contributed by atoms with Crippen molar-refractivity contribution in [1.29, 1.82) is 5.26 Å². The van der Waals surface area contributed by atoms with Gasteiger partial charge in [-0.1, -0.05) is 17.2 Å². The zero-order chi connectivity index (χ0) is 13.8. The topological polar surface area (TPSA) is 36.3 Å². The first-order chi connectivity index (χ1) is 8.31. The molecule has 0 amide bonds. The molecule has 1 rings (SSSR count). The van der Waals surface area contributed by atoms with E-state index in [0.29, 0.717) is 0 Å². The van der Waals surface area contributed by atoms with Crippen LogP contribution in [0.2, 0.25) is 0 Å². The number of allylic oxidation sites excluding steroid dienone is 4. The molecule has 0 aromatic rings. The summed E-state index contributed by atoms with van der Waals surface area (Å²) in [5, 5.41) is 8.52. The van der Waals surface area contributed by atoms with E-state index in [9.17, 15) is 0 Å². The van der Waals surface area contributed by atoms with Gasteiger partial charge < -0.3 is 4.74 Å². The van der Waals surface area contributed by atoms with Crippen LogP contribution in [0.15, 0.2) is 23.3 Å². The summed E-state index contributed by atoms with van der Waals surface area (Å²) >= 11 is 0. The van der Waals surface area contributed by atoms with E-state index in [1.165, 1.54) is 5.57 Å². The Bertz CT molecular complexity index is 398.